The maximum Gasteiger partial charge on any atom is 0.211 e. The summed E-state index contributed by atoms with van der Waals surface area (Å²) in [6, 6.07) is 6.29. The van der Waals surface area contributed by atoms with Crippen molar-refractivity contribution in [1.29, 1.82) is 0 Å². The van der Waals surface area contributed by atoms with Gasteiger partial charge < -0.3 is 4.74 Å². The molecule has 1 heterocycles. The summed E-state index contributed by atoms with van der Waals surface area (Å²) in [5, 5.41) is 0. The third-order valence-electron chi connectivity index (χ3n) is 3.37. The van der Waals surface area contributed by atoms with Crippen LogP contribution in [0.15, 0.2) is 30.9 Å². The SMILES string of the molecule is C=CCCS(=O)(=O)NCCc1ccc2c(c1)CCOC2. The lowest BCUT2D eigenvalue weighted by molar-refractivity contribution is 0.110. The van der Waals surface area contributed by atoms with Crippen molar-refractivity contribution in [3.8, 4) is 0 Å². The Kier molecular flexibility index (Phi) is 5.34. The van der Waals surface area contributed by atoms with Gasteiger partial charge in [-0.15, -0.1) is 6.58 Å². The number of ether oxygens (including phenoxy) is 1. The van der Waals surface area contributed by atoms with Crippen LogP contribution in [-0.4, -0.2) is 27.3 Å². The highest BCUT2D eigenvalue weighted by Crippen LogP contribution is 2.18. The lowest BCUT2D eigenvalue weighted by Crippen LogP contribution is -2.28. The van der Waals surface area contributed by atoms with Crippen molar-refractivity contribution in [1.82, 2.24) is 4.72 Å². The van der Waals surface area contributed by atoms with Gasteiger partial charge in [0.25, 0.3) is 0 Å². The Labute approximate surface area is 120 Å². The van der Waals surface area contributed by atoms with E-state index in [-0.39, 0.29) is 5.75 Å². The molecule has 1 aliphatic rings. The Morgan fingerprint density at radius 2 is 2.20 bits per heavy atom. The van der Waals surface area contributed by atoms with Gasteiger partial charge in [-0.3, -0.25) is 0 Å². The lowest BCUT2D eigenvalue weighted by atomic mass is 9.99. The molecule has 20 heavy (non-hydrogen) atoms. The first kappa shape index (κ1) is 15.2. The normalized spacial score (nSPS) is 14.8. The van der Waals surface area contributed by atoms with E-state index in [1.165, 1.54) is 11.1 Å². The quantitative estimate of drug-likeness (QED) is 0.780. The monoisotopic (exact) mass is 295 g/mol. The van der Waals surface area contributed by atoms with Gasteiger partial charge in [0.1, 0.15) is 0 Å². The van der Waals surface area contributed by atoms with E-state index in [1.807, 2.05) is 6.07 Å². The van der Waals surface area contributed by atoms with E-state index in [1.54, 1.807) is 6.08 Å². The van der Waals surface area contributed by atoms with Crippen LogP contribution in [0.2, 0.25) is 0 Å². The minimum absolute atomic E-state index is 0.109. The Hall–Kier alpha value is -1.17. The molecule has 5 heteroatoms. The number of allylic oxidation sites excluding steroid dienone is 1. The maximum atomic E-state index is 11.6. The molecule has 1 aromatic carbocycles. The molecule has 0 fully saturated rings. The van der Waals surface area contributed by atoms with Gasteiger partial charge in [0.15, 0.2) is 0 Å². The molecule has 0 saturated carbocycles. The molecule has 1 aromatic rings. The largest absolute Gasteiger partial charge is 0.376 e. The summed E-state index contributed by atoms with van der Waals surface area (Å²) in [5.74, 6) is 0.109. The van der Waals surface area contributed by atoms with Gasteiger partial charge in [-0.1, -0.05) is 24.3 Å². The first-order valence-corrected chi connectivity index (χ1v) is 8.52. The number of sulfonamides is 1. The molecular formula is C15H21NO3S. The van der Waals surface area contributed by atoms with Gasteiger partial charge in [-0.2, -0.15) is 0 Å². The van der Waals surface area contributed by atoms with E-state index in [0.717, 1.165) is 18.6 Å². The van der Waals surface area contributed by atoms with E-state index >= 15 is 0 Å². The fraction of sp³-hybridized carbons (Fsp3) is 0.467. The molecule has 0 spiro atoms. The Morgan fingerprint density at radius 3 is 3.00 bits per heavy atom. The van der Waals surface area contributed by atoms with E-state index < -0.39 is 10.0 Å². The number of hydrogen-bond acceptors (Lipinski definition) is 3. The van der Waals surface area contributed by atoms with Crippen molar-refractivity contribution >= 4 is 10.0 Å². The second-order valence-corrected chi connectivity index (χ2v) is 6.87. The lowest BCUT2D eigenvalue weighted by Gasteiger charge is -2.17. The molecule has 1 aliphatic heterocycles. The predicted molar refractivity (Wildman–Crippen MR) is 80.1 cm³/mol. The predicted octanol–water partition coefficient (Wildman–Crippen LogP) is 1.80. The minimum Gasteiger partial charge on any atom is -0.376 e. The second-order valence-electron chi connectivity index (χ2n) is 4.95. The molecule has 0 aromatic heterocycles. The first-order chi connectivity index (χ1) is 9.61. The summed E-state index contributed by atoms with van der Waals surface area (Å²) in [4.78, 5) is 0. The molecule has 4 nitrogen and oxygen atoms in total. The first-order valence-electron chi connectivity index (χ1n) is 6.87. The second kappa shape index (κ2) is 7.02. The van der Waals surface area contributed by atoms with E-state index in [4.69, 9.17) is 4.74 Å². The van der Waals surface area contributed by atoms with Crippen LogP contribution in [0.1, 0.15) is 23.1 Å². The molecule has 0 saturated heterocycles. The Balaban J connectivity index is 1.86. The smallest absolute Gasteiger partial charge is 0.211 e. The van der Waals surface area contributed by atoms with Crippen LogP contribution in [0, 0.1) is 0 Å². The van der Waals surface area contributed by atoms with Gasteiger partial charge in [0.05, 0.1) is 19.0 Å². The van der Waals surface area contributed by atoms with Gasteiger partial charge in [-0.05, 0) is 36.0 Å². The highest BCUT2D eigenvalue weighted by Gasteiger charge is 2.11. The topological polar surface area (TPSA) is 55.4 Å². The summed E-state index contributed by atoms with van der Waals surface area (Å²) in [7, 11) is -3.17. The zero-order valence-corrected chi connectivity index (χ0v) is 12.4. The van der Waals surface area contributed by atoms with Gasteiger partial charge in [-0.25, -0.2) is 13.1 Å². The summed E-state index contributed by atoms with van der Waals surface area (Å²) in [6.07, 6.45) is 3.74. The number of hydrogen-bond donors (Lipinski definition) is 1. The fourth-order valence-corrected chi connectivity index (χ4v) is 3.27. The number of benzene rings is 1. The van der Waals surface area contributed by atoms with Crippen LogP contribution in [0.25, 0.3) is 0 Å². The molecule has 0 unspecified atom stereocenters. The van der Waals surface area contributed by atoms with Crippen molar-refractivity contribution < 1.29 is 13.2 Å². The summed E-state index contributed by atoms with van der Waals surface area (Å²) >= 11 is 0. The highest BCUT2D eigenvalue weighted by atomic mass is 32.2. The summed E-state index contributed by atoms with van der Waals surface area (Å²) in [6.45, 7) is 5.42. The van der Waals surface area contributed by atoms with Gasteiger partial charge in [0.2, 0.25) is 10.0 Å². The standard InChI is InChI=1S/C15H21NO3S/c1-2-3-10-20(17,18)16-8-6-13-4-5-15-12-19-9-7-14(15)11-13/h2,4-5,11,16H,1,3,6-10,12H2. The van der Waals surface area contributed by atoms with Crippen molar-refractivity contribution in [2.75, 3.05) is 18.9 Å². The molecule has 0 atom stereocenters. The maximum absolute atomic E-state index is 11.6. The molecule has 0 aliphatic carbocycles. The van der Waals surface area contributed by atoms with Crippen molar-refractivity contribution in [3.63, 3.8) is 0 Å². The van der Waals surface area contributed by atoms with E-state index in [0.29, 0.717) is 26.0 Å². The van der Waals surface area contributed by atoms with E-state index in [9.17, 15) is 8.42 Å². The Morgan fingerprint density at radius 1 is 1.35 bits per heavy atom. The summed E-state index contributed by atoms with van der Waals surface area (Å²) in [5.41, 5.74) is 3.73. The van der Waals surface area contributed by atoms with Crippen molar-refractivity contribution in [2.45, 2.75) is 25.9 Å². The summed E-state index contributed by atoms with van der Waals surface area (Å²) < 4.78 is 31.3. The average molecular weight is 295 g/mol. The molecule has 0 bridgehead atoms. The Bertz CT molecular complexity index is 566. The molecule has 0 amide bonds. The van der Waals surface area contributed by atoms with Gasteiger partial charge >= 0.3 is 0 Å². The molecule has 110 valence electrons. The van der Waals surface area contributed by atoms with E-state index in [2.05, 4.69) is 23.4 Å². The van der Waals surface area contributed by atoms with Crippen LogP contribution in [-0.2, 0) is 34.2 Å². The zero-order valence-electron chi connectivity index (χ0n) is 11.6. The van der Waals surface area contributed by atoms with Gasteiger partial charge in [0, 0.05) is 6.54 Å². The number of fused-ring (bicyclic) bond motifs is 1. The third kappa shape index (κ3) is 4.44. The van der Waals surface area contributed by atoms with Crippen LogP contribution in [0.4, 0.5) is 0 Å². The fourth-order valence-electron chi connectivity index (χ4n) is 2.23. The number of rotatable bonds is 7. The molecule has 2 rings (SSSR count). The third-order valence-corrected chi connectivity index (χ3v) is 4.79. The van der Waals surface area contributed by atoms with Crippen molar-refractivity contribution in [2.24, 2.45) is 0 Å². The number of nitrogens with one attached hydrogen (secondary N) is 1. The molecular weight excluding hydrogens is 274 g/mol. The molecule has 0 radical (unpaired) electrons. The van der Waals surface area contributed by atoms with Crippen LogP contribution in [0.5, 0.6) is 0 Å². The minimum atomic E-state index is -3.17. The average Bonchev–Trinajstić information content (AvgIpc) is 2.45. The van der Waals surface area contributed by atoms with Crippen molar-refractivity contribution in [3.05, 3.63) is 47.5 Å². The molecule has 1 N–H and O–H groups in total. The zero-order chi connectivity index (χ0) is 14.4. The van der Waals surface area contributed by atoms with Crippen LogP contribution < -0.4 is 4.72 Å². The highest BCUT2D eigenvalue weighted by molar-refractivity contribution is 7.89. The van der Waals surface area contributed by atoms with Crippen LogP contribution in [0.3, 0.4) is 0 Å². The van der Waals surface area contributed by atoms with Crippen LogP contribution >= 0.6 is 0 Å².